The molecule has 0 fully saturated rings. The van der Waals surface area contributed by atoms with Crippen molar-refractivity contribution < 1.29 is 0 Å². The Balaban J connectivity index is 2.38. The first-order valence-corrected chi connectivity index (χ1v) is 4.37. The smallest absolute Gasteiger partial charge is 0.147 e. The van der Waals surface area contributed by atoms with Crippen LogP contribution in [0.4, 0.5) is 11.5 Å². The van der Waals surface area contributed by atoms with E-state index in [2.05, 4.69) is 23.2 Å². The zero-order valence-corrected chi connectivity index (χ0v) is 7.64. The third-order valence-corrected chi connectivity index (χ3v) is 2.13. The van der Waals surface area contributed by atoms with Crippen molar-refractivity contribution in [2.24, 2.45) is 0 Å². The molecular formula is C10H10N4. The van der Waals surface area contributed by atoms with Crippen LogP contribution in [-0.2, 0) is 0 Å². The second-order valence-corrected chi connectivity index (χ2v) is 3.13. The van der Waals surface area contributed by atoms with Crippen LogP contribution in [-0.4, -0.2) is 18.1 Å². The van der Waals surface area contributed by atoms with Gasteiger partial charge in [-0.1, -0.05) is 12.2 Å². The third kappa shape index (κ3) is 1.40. The van der Waals surface area contributed by atoms with E-state index in [-0.39, 0.29) is 0 Å². The Morgan fingerprint density at radius 3 is 2.79 bits per heavy atom. The molecule has 0 aromatic carbocycles. The van der Waals surface area contributed by atoms with Crippen molar-refractivity contribution in [3.8, 4) is 6.07 Å². The molecule has 0 bridgehead atoms. The minimum absolute atomic E-state index is 0.525. The van der Waals surface area contributed by atoms with Gasteiger partial charge < -0.3 is 10.6 Å². The van der Waals surface area contributed by atoms with Crippen LogP contribution in [0.25, 0.3) is 0 Å². The fraction of sp³-hybridized carbons (Fsp3) is 0.200. The SMILES string of the molecule is N#Cc1cc(N)cnc1N1CC=CC1. The summed E-state index contributed by atoms with van der Waals surface area (Å²) in [6.45, 7) is 1.62. The molecule has 14 heavy (non-hydrogen) atoms. The summed E-state index contributed by atoms with van der Waals surface area (Å²) in [5.41, 5.74) is 6.62. The lowest BCUT2D eigenvalue weighted by molar-refractivity contribution is 0.965. The Morgan fingerprint density at radius 1 is 1.43 bits per heavy atom. The quantitative estimate of drug-likeness (QED) is 0.662. The molecule has 0 unspecified atom stereocenters. The second kappa shape index (κ2) is 3.38. The molecule has 2 heterocycles. The van der Waals surface area contributed by atoms with Gasteiger partial charge in [-0.25, -0.2) is 4.98 Å². The molecule has 1 aliphatic heterocycles. The molecule has 4 heteroatoms. The van der Waals surface area contributed by atoms with Gasteiger partial charge in [0.15, 0.2) is 0 Å². The van der Waals surface area contributed by atoms with E-state index in [1.54, 1.807) is 12.3 Å². The lowest BCUT2D eigenvalue weighted by atomic mass is 10.2. The maximum absolute atomic E-state index is 8.91. The van der Waals surface area contributed by atoms with E-state index in [4.69, 9.17) is 11.0 Å². The molecule has 1 aromatic heterocycles. The maximum atomic E-state index is 8.91. The summed E-state index contributed by atoms with van der Waals surface area (Å²) in [4.78, 5) is 6.20. The average Bonchev–Trinajstić information content (AvgIpc) is 2.70. The summed E-state index contributed by atoms with van der Waals surface area (Å²) in [5, 5.41) is 8.91. The first kappa shape index (κ1) is 8.57. The number of nitrogens with two attached hydrogens (primary N) is 1. The van der Waals surface area contributed by atoms with Gasteiger partial charge in [0, 0.05) is 13.1 Å². The van der Waals surface area contributed by atoms with E-state index in [0.717, 1.165) is 13.1 Å². The normalized spacial score (nSPS) is 14.4. The van der Waals surface area contributed by atoms with Gasteiger partial charge >= 0.3 is 0 Å². The molecule has 0 saturated carbocycles. The monoisotopic (exact) mass is 186 g/mol. The van der Waals surface area contributed by atoms with Gasteiger partial charge in [-0.15, -0.1) is 0 Å². The number of pyridine rings is 1. The van der Waals surface area contributed by atoms with Crippen molar-refractivity contribution in [1.82, 2.24) is 4.98 Å². The highest BCUT2D eigenvalue weighted by Crippen LogP contribution is 2.20. The van der Waals surface area contributed by atoms with Gasteiger partial charge in [-0.3, -0.25) is 0 Å². The molecule has 1 aliphatic rings. The number of anilines is 2. The van der Waals surface area contributed by atoms with Crippen LogP contribution in [0.3, 0.4) is 0 Å². The fourth-order valence-corrected chi connectivity index (χ4v) is 1.46. The van der Waals surface area contributed by atoms with E-state index in [9.17, 15) is 0 Å². The van der Waals surface area contributed by atoms with Crippen LogP contribution in [0.1, 0.15) is 5.56 Å². The van der Waals surface area contributed by atoms with E-state index < -0.39 is 0 Å². The summed E-state index contributed by atoms with van der Waals surface area (Å²) in [5.74, 6) is 0.715. The zero-order valence-electron chi connectivity index (χ0n) is 7.64. The van der Waals surface area contributed by atoms with Gasteiger partial charge in [-0.2, -0.15) is 5.26 Å². The molecule has 0 radical (unpaired) electrons. The van der Waals surface area contributed by atoms with Crippen LogP contribution in [0.15, 0.2) is 24.4 Å². The van der Waals surface area contributed by atoms with Crippen LogP contribution in [0.5, 0.6) is 0 Å². The van der Waals surface area contributed by atoms with Gasteiger partial charge in [0.25, 0.3) is 0 Å². The lowest BCUT2D eigenvalue weighted by Crippen LogP contribution is -2.21. The molecular weight excluding hydrogens is 176 g/mol. The number of nitrogen functional groups attached to an aromatic ring is 1. The van der Waals surface area contributed by atoms with E-state index in [0.29, 0.717) is 17.1 Å². The Kier molecular flexibility index (Phi) is 2.07. The number of hydrogen-bond donors (Lipinski definition) is 1. The summed E-state index contributed by atoms with van der Waals surface area (Å²) < 4.78 is 0. The van der Waals surface area contributed by atoms with E-state index >= 15 is 0 Å². The number of nitrogens with zero attached hydrogens (tertiary/aromatic N) is 3. The first-order chi connectivity index (χ1) is 6.81. The highest BCUT2D eigenvalue weighted by molar-refractivity contribution is 5.60. The second-order valence-electron chi connectivity index (χ2n) is 3.13. The van der Waals surface area contributed by atoms with Gasteiger partial charge in [0.1, 0.15) is 11.9 Å². The average molecular weight is 186 g/mol. The minimum Gasteiger partial charge on any atom is -0.397 e. The van der Waals surface area contributed by atoms with Gasteiger partial charge in [0.05, 0.1) is 17.4 Å². The standard InChI is InChI=1S/C10H10N4/c11-6-8-5-9(12)7-13-10(8)14-3-1-2-4-14/h1-2,5,7H,3-4,12H2. The minimum atomic E-state index is 0.525. The van der Waals surface area contributed by atoms with Crippen molar-refractivity contribution in [3.63, 3.8) is 0 Å². The lowest BCUT2D eigenvalue weighted by Gasteiger charge is -2.17. The molecule has 0 spiro atoms. The largest absolute Gasteiger partial charge is 0.397 e. The fourth-order valence-electron chi connectivity index (χ4n) is 1.46. The molecule has 70 valence electrons. The molecule has 0 aliphatic carbocycles. The van der Waals surface area contributed by atoms with Crippen LogP contribution in [0.2, 0.25) is 0 Å². The van der Waals surface area contributed by atoms with E-state index in [1.807, 2.05) is 4.90 Å². The van der Waals surface area contributed by atoms with E-state index in [1.165, 1.54) is 0 Å². The molecule has 2 rings (SSSR count). The molecule has 0 atom stereocenters. The van der Waals surface area contributed by atoms with Gasteiger partial charge in [0.2, 0.25) is 0 Å². The van der Waals surface area contributed by atoms with Crippen LogP contribution < -0.4 is 10.6 Å². The highest BCUT2D eigenvalue weighted by atomic mass is 15.2. The van der Waals surface area contributed by atoms with Crippen molar-refractivity contribution in [1.29, 1.82) is 5.26 Å². The topological polar surface area (TPSA) is 65.9 Å². The zero-order chi connectivity index (χ0) is 9.97. The third-order valence-electron chi connectivity index (χ3n) is 2.13. The summed E-state index contributed by atoms with van der Waals surface area (Å²) in [7, 11) is 0. The van der Waals surface area contributed by atoms with Crippen molar-refractivity contribution in [2.75, 3.05) is 23.7 Å². The molecule has 0 amide bonds. The Hall–Kier alpha value is -2.02. The molecule has 4 nitrogen and oxygen atoms in total. The predicted octanol–water partition coefficient (Wildman–Crippen LogP) is 0.912. The number of nitriles is 1. The van der Waals surface area contributed by atoms with Crippen molar-refractivity contribution >= 4 is 11.5 Å². The first-order valence-electron chi connectivity index (χ1n) is 4.37. The Labute approximate surface area is 82.3 Å². The molecule has 2 N–H and O–H groups in total. The van der Waals surface area contributed by atoms with Crippen molar-refractivity contribution in [2.45, 2.75) is 0 Å². The Morgan fingerprint density at radius 2 is 2.14 bits per heavy atom. The maximum Gasteiger partial charge on any atom is 0.147 e. The number of aromatic nitrogens is 1. The van der Waals surface area contributed by atoms with Crippen molar-refractivity contribution in [3.05, 3.63) is 30.0 Å². The van der Waals surface area contributed by atoms with Crippen LogP contribution in [0, 0.1) is 11.3 Å². The predicted molar refractivity (Wildman–Crippen MR) is 54.7 cm³/mol. The number of rotatable bonds is 1. The van der Waals surface area contributed by atoms with Gasteiger partial charge in [-0.05, 0) is 6.07 Å². The summed E-state index contributed by atoms with van der Waals surface area (Å²) in [6.07, 6.45) is 5.69. The highest BCUT2D eigenvalue weighted by Gasteiger charge is 2.13. The summed E-state index contributed by atoms with van der Waals surface area (Å²) in [6, 6.07) is 3.75. The molecule has 0 saturated heterocycles. The molecule has 1 aromatic rings. The summed E-state index contributed by atoms with van der Waals surface area (Å²) >= 11 is 0. The Bertz CT molecular complexity index is 409. The number of hydrogen-bond acceptors (Lipinski definition) is 4. The van der Waals surface area contributed by atoms with Crippen LogP contribution >= 0.6 is 0 Å².